The summed E-state index contributed by atoms with van der Waals surface area (Å²) in [6.45, 7) is 3.56. The van der Waals surface area contributed by atoms with Crippen molar-refractivity contribution in [3.8, 4) is 12.0 Å². The minimum absolute atomic E-state index is 0.234. The van der Waals surface area contributed by atoms with Crippen molar-refractivity contribution in [1.29, 1.82) is 0 Å². The molecule has 0 fully saturated rings. The van der Waals surface area contributed by atoms with E-state index in [1.54, 1.807) is 13.8 Å². The van der Waals surface area contributed by atoms with E-state index < -0.39 is 11.9 Å². The van der Waals surface area contributed by atoms with E-state index in [0.29, 0.717) is 0 Å². The second-order valence-electron chi connectivity index (χ2n) is 1.78. The third-order valence-corrected chi connectivity index (χ3v) is 0.882. The highest BCUT2D eigenvalue weighted by Gasteiger charge is 1.95. The van der Waals surface area contributed by atoms with Gasteiger partial charge in [0.15, 0.2) is 0 Å². The molecule has 4 nitrogen and oxygen atoms in total. The molecule has 0 aliphatic carbocycles. The first-order chi connectivity index (χ1) is 5.70. The van der Waals surface area contributed by atoms with Crippen LogP contribution in [-0.4, -0.2) is 18.5 Å². The molecule has 0 aromatic carbocycles. The van der Waals surface area contributed by atoms with Crippen LogP contribution >= 0.6 is 0 Å². The molecule has 0 aliphatic heterocycles. The van der Waals surface area contributed by atoms with Gasteiger partial charge in [-0.1, -0.05) is 6.92 Å². The quantitative estimate of drug-likeness (QED) is 0.446. The molecule has 0 saturated carbocycles. The molecule has 0 heterocycles. The fourth-order valence-corrected chi connectivity index (χ4v) is 0.363. The average Bonchev–Trinajstić information content (AvgIpc) is 2.04. The van der Waals surface area contributed by atoms with Crippen LogP contribution in [-0.2, 0) is 19.1 Å². The van der Waals surface area contributed by atoms with Crippen molar-refractivity contribution in [2.24, 2.45) is 0 Å². The third kappa shape index (κ3) is 5.30. The van der Waals surface area contributed by atoms with Crippen LogP contribution in [0.2, 0.25) is 0 Å². The summed E-state index contributed by atoms with van der Waals surface area (Å²) >= 11 is 0. The molecule has 0 rings (SSSR count). The summed E-state index contributed by atoms with van der Waals surface area (Å²) in [5, 5.41) is 0. The number of hydrogen-bond acceptors (Lipinski definition) is 4. The van der Waals surface area contributed by atoms with Crippen molar-refractivity contribution in [2.45, 2.75) is 20.3 Å². The Morgan fingerprint density at radius 1 is 1.33 bits per heavy atom. The molecular formula is C8H10O4. The number of hydrogen-bond donors (Lipinski definition) is 0. The highest BCUT2D eigenvalue weighted by Crippen LogP contribution is 1.81. The zero-order valence-electron chi connectivity index (χ0n) is 7.05. The summed E-state index contributed by atoms with van der Waals surface area (Å²) in [5.41, 5.74) is 0. The lowest BCUT2D eigenvalue weighted by Crippen LogP contribution is -2.01. The van der Waals surface area contributed by atoms with Gasteiger partial charge in [-0.15, -0.1) is 0 Å². The molecule has 0 bridgehead atoms. The van der Waals surface area contributed by atoms with E-state index in [0.717, 1.165) is 0 Å². The largest absolute Gasteiger partial charge is 0.456 e. The van der Waals surface area contributed by atoms with Crippen molar-refractivity contribution < 1.29 is 19.1 Å². The van der Waals surface area contributed by atoms with Crippen LogP contribution in [0, 0.1) is 12.0 Å². The molecule has 0 atom stereocenters. The fraction of sp³-hybridized carbons (Fsp3) is 0.500. The fourth-order valence-electron chi connectivity index (χ4n) is 0.363. The minimum atomic E-state index is -0.693. The lowest BCUT2D eigenvalue weighted by atomic mass is 10.5. The predicted molar refractivity (Wildman–Crippen MR) is 40.8 cm³/mol. The summed E-state index contributed by atoms with van der Waals surface area (Å²) in [6.07, 6.45) is 2.18. The van der Waals surface area contributed by atoms with E-state index in [1.165, 1.54) is 0 Å². The lowest BCUT2D eigenvalue weighted by Gasteiger charge is -1.91. The molecule has 0 N–H and O–H groups in total. The van der Waals surface area contributed by atoms with E-state index in [9.17, 15) is 9.59 Å². The number of ether oxygens (including phenoxy) is 2. The van der Waals surface area contributed by atoms with E-state index in [2.05, 4.69) is 9.47 Å². The van der Waals surface area contributed by atoms with Crippen LogP contribution in [0.25, 0.3) is 0 Å². The Kier molecular flexibility index (Phi) is 5.45. The van der Waals surface area contributed by atoms with Gasteiger partial charge in [-0.05, 0) is 6.92 Å². The van der Waals surface area contributed by atoms with E-state index in [1.807, 2.05) is 12.0 Å². The van der Waals surface area contributed by atoms with E-state index in [4.69, 9.17) is 0 Å². The van der Waals surface area contributed by atoms with Gasteiger partial charge in [-0.2, -0.15) is 0 Å². The van der Waals surface area contributed by atoms with Gasteiger partial charge in [0.2, 0.25) is 0 Å². The predicted octanol–water partition coefficient (Wildman–Crippen LogP) is 0.464. The second-order valence-corrected chi connectivity index (χ2v) is 1.78. The van der Waals surface area contributed by atoms with Gasteiger partial charge in [0, 0.05) is 6.42 Å². The van der Waals surface area contributed by atoms with Crippen molar-refractivity contribution in [2.75, 3.05) is 6.61 Å². The molecule has 12 heavy (non-hydrogen) atoms. The van der Waals surface area contributed by atoms with Gasteiger partial charge in [-0.25, -0.2) is 4.79 Å². The SMILES string of the molecule is CCOC(=O)C#COC(=O)CC. The Hall–Kier alpha value is -1.50. The first-order valence-corrected chi connectivity index (χ1v) is 3.58. The molecule has 0 aromatic heterocycles. The van der Waals surface area contributed by atoms with Crippen LogP contribution in [0.4, 0.5) is 0 Å². The standard InChI is InChI=1S/C8H10O4/c1-3-7(9)12-6-5-8(10)11-4-2/h3-4H2,1-2H3. The second kappa shape index (κ2) is 6.23. The topological polar surface area (TPSA) is 52.6 Å². The molecular weight excluding hydrogens is 160 g/mol. The monoisotopic (exact) mass is 170 g/mol. The van der Waals surface area contributed by atoms with Crippen molar-refractivity contribution >= 4 is 11.9 Å². The normalized spacial score (nSPS) is 7.83. The summed E-state index contributed by atoms with van der Waals surface area (Å²) in [5.74, 6) is 0.836. The van der Waals surface area contributed by atoms with Crippen LogP contribution < -0.4 is 0 Å². The van der Waals surface area contributed by atoms with Crippen LogP contribution in [0.3, 0.4) is 0 Å². The van der Waals surface area contributed by atoms with Gasteiger partial charge in [0.25, 0.3) is 0 Å². The summed E-state index contributed by atoms with van der Waals surface area (Å²) in [4.78, 5) is 21.0. The van der Waals surface area contributed by atoms with E-state index in [-0.39, 0.29) is 13.0 Å². The number of carbonyl (C=O) groups is 2. The van der Waals surface area contributed by atoms with Crippen LogP contribution in [0.1, 0.15) is 20.3 Å². The Balaban J connectivity index is 3.72. The van der Waals surface area contributed by atoms with Gasteiger partial charge < -0.3 is 9.47 Å². The molecule has 4 heteroatoms. The Labute approximate surface area is 70.8 Å². The van der Waals surface area contributed by atoms with Gasteiger partial charge in [0.05, 0.1) is 12.5 Å². The molecule has 0 saturated heterocycles. The lowest BCUT2D eigenvalue weighted by molar-refractivity contribution is -0.136. The highest BCUT2D eigenvalue weighted by molar-refractivity contribution is 5.88. The van der Waals surface area contributed by atoms with Gasteiger partial charge in [0.1, 0.15) is 6.11 Å². The highest BCUT2D eigenvalue weighted by atomic mass is 16.5. The zero-order chi connectivity index (χ0) is 9.40. The maximum atomic E-state index is 10.5. The molecule has 0 aromatic rings. The molecule has 0 radical (unpaired) electrons. The maximum Gasteiger partial charge on any atom is 0.387 e. The van der Waals surface area contributed by atoms with Crippen LogP contribution in [0.15, 0.2) is 0 Å². The molecule has 0 aliphatic rings. The van der Waals surface area contributed by atoms with Gasteiger partial charge >= 0.3 is 11.9 Å². The maximum absolute atomic E-state index is 10.5. The number of carbonyl (C=O) groups excluding carboxylic acids is 2. The molecule has 0 amide bonds. The molecule has 0 unspecified atom stereocenters. The molecule has 0 spiro atoms. The summed E-state index contributed by atoms with van der Waals surface area (Å²) < 4.78 is 8.76. The zero-order valence-corrected chi connectivity index (χ0v) is 7.05. The average molecular weight is 170 g/mol. The van der Waals surface area contributed by atoms with Gasteiger partial charge in [-0.3, -0.25) is 4.79 Å². The first-order valence-electron chi connectivity index (χ1n) is 3.58. The number of esters is 2. The first kappa shape index (κ1) is 10.5. The van der Waals surface area contributed by atoms with Crippen molar-refractivity contribution in [3.63, 3.8) is 0 Å². The Bertz CT molecular complexity index is 221. The Morgan fingerprint density at radius 3 is 2.50 bits per heavy atom. The van der Waals surface area contributed by atoms with Crippen molar-refractivity contribution in [3.05, 3.63) is 0 Å². The van der Waals surface area contributed by atoms with Crippen molar-refractivity contribution in [1.82, 2.24) is 0 Å². The summed E-state index contributed by atoms with van der Waals surface area (Å²) in [6, 6.07) is 0. The molecule has 66 valence electrons. The summed E-state index contributed by atoms with van der Waals surface area (Å²) in [7, 11) is 0. The minimum Gasteiger partial charge on any atom is -0.456 e. The number of rotatable bonds is 2. The van der Waals surface area contributed by atoms with Crippen LogP contribution in [0.5, 0.6) is 0 Å². The third-order valence-electron chi connectivity index (χ3n) is 0.882. The Morgan fingerprint density at radius 2 is 2.00 bits per heavy atom. The smallest absolute Gasteiger partial charge is 0.387 e. The van der Waals surface area contributed by atoms with E-state index >= 15 is 0 Å².